The first-order valence-corrected chi connectivity index (χ1v) is 10.4. The molecule has 3 rings (SSSR count). The lowest BCUT2D eigenvalue weighted by molar-refractivity contribution is -0.127. The van der Waals surface area contributed by atoms with E-state index in [9.17, 15) is 9.59 Å². The van der Waals surface area contributed by atoms with E-state index < -0.39 is 0 Å². The van der Waals surface area contributed by atoms with E-state index >= 15 is 0 Å². The van der Waals surface area contributed by atoms with E-state index in [0.29, 0.717) is 29.1 Å². The number of nitrogens with zero attached hydrogens (tertiary/aromatic N) is 3. The number of thiophene rings is 1. The molecule has 3 aromatic rings. The average molecular weight is 388 g/mol. The monoisotopic (exact) mass is 387 g/mol. The smallest absolute Gasteiger partial charge is 0.262 e. The number of fused-ring (bicyclic) bond motifs is 1. The fourth-order valence-corrected chi connectivity index (χ4v) is 4.29. The number of carbonyl (C=O) groups excluding carboxylic acids is 1. The van der Waals surface area contributed by atoms with Crippen molar-refractivity contribution < 1.29 is 4.79 Å². The largest absolute Gasteiger partial charge is 0.341 e. The fraction of sp³-hybridized carbons (Fsp3) is 0.316. The minimum Gasteiger partial charge on any atom is -0.341 e. The van der Waals surface area contributed by atoms with E-state index in [0.717, 1.165) is 12.0 Å². The van der Waals surface area contributed by atoms with Crippen LogP contribution < -0.4 is 5.56 Å². The second kappa shape index (κ2) is 8.51. The van der Waals surface area contributed by atoms with E-state index in [-0.39, 0.29) is 17.2 Å². The van der Waals surface area contributed by atoms with Gasteiger partial charge in [0.15, 0.2) is 5.16 Å². The van der Waals surface area contributed by atoms with Gasteiger partial charge in [-0.1, -0.05) is 30.8 Å². The number of hydrogen-bond donors (Lipinski definition) is 0. The molecule has 0 aliphatic rings. The summed E-state index contributed by atoms with van der Waals surface area (Å²) >= 11 is 2.95. The molecule has 1 amide bonds. The molecule has 1 aromatic carbocycles. The molecule has 0 saturated carbocycles. The molecule has 0 bridgehead atoms. The molecule has 0 N–H and O–H groups in total. The van der Waals surface area contributed by atoms with Crippen molar-refractivity contribution in [3.05, 3.63) is 57.0 Å². The molecular weight excluding hydrogens is 366 g/mol. The first-order valence-electron chi connectivity index (χ1n) is 8.47. The van der Waals surface area contributed by atoms with Crippen LogP contribution in [0.25, 0.3) is 10.9 Å². The first kappa shape index (κ1) is 18.7. The van der Waals surface area contributed by atoms with Crippen molar-refractivity contribution in [3.8, 4) is 0 Å². The molecule has 26 heavy (non-hydrogen) atoms. The van der Waals surface area contributed by atoms with Crippen LogP contribution in [0.1, 0.15) is 18.9 Å². The zero-order valence-electron chi connectivity index (χ0n) is 14.8. The number of benzene rings is 1. The van der Waals surface area contributed by atoms with E-state index in [4.69, 9.17) is 0 Å². The summed E-state index contributed by atoms with van der Waals surface area (Å²) in [5, 5.41) is 5.27. The van der Waals surface area contributed by atoms with E-state index in [1.165, 1.54) is 11.8 Å². The van der Waals surface area contributed by atoms with Crippen LogP contribution in [0, 0.1) is 0 Å². The minimum absolute atomic E-state index is 0.0201. The molecule has 0 fully saturated rings. The van der Waals surface area contributed by atoms with Crippen molar-refractivity contribution >= 4 is 39.9 Å². The molecule has 0 aliphatic carbocycles. The van der Waals surface area contributed by atoms with Crippen LogP contribution in [-0.2, 0) is 17.9 Å². The highest BCUT2D eigenvalue weighted by Crippen LogP contribution is 2.19. The Hall–Kier alpha value is -2.12. The third-order valence-corrected chi connectivity index (χ3v) is 5.72. The molecule has 2 aromatic heterocycles. The van der Waals surface area contributed by atoms with Crippen LogP contribution in [0.4, 0.5) is 0 Å². The summed E-state index contributed by atoms with van der Waals surface area (Å²) in [4.78, 5) is 31.5. The Balaban J connectivity index is 1.78. The maximum absolute atomic E-state index is 12.7. The molecule has 0 unspecified atom stereocenters. The van der Waals surface area contributed by atoms with Crippen molar-refractivity contribution in [1.82, 2.24) is 14.5 Å². The summed E-state index contributed by atoms with van der Waals surface area (Å²) in [6.07, 6.45) is 0.833. The number of para-hydroxylation sites is 1. The number of amides is 1. The average Bonchev–Trinajstić information content (AvgIpc) is 3.15. The second-order valence-electron chi connectivity index (χ2n) is 6.04. The van der Waals surface area contributed by atoms with Gasteiger partial charge in [-0.2, -0.15) is 11.3 Å². The van der Waals surface area contributed by atoms with Crippen LogP contribution in [0.5, 0.6) is 0 Å². The molecule has 0 saturated heterocycles. The summed E-state index contributed by atoms with van der Waals surface area (Å²) in [6.45, 7) is 3.21. The lowest BCUT2D eigenvalue weighted by Gasteiger charge is -2.17. The molecule has 0 aliphatic heterocycles. The van der Waals surface area contributed by atoms with Gasteiger partial charge < -0.3 is 4.90 Å². The maximum Gasteiger partial charge on any atom is 0.262 e. The Labute approximate surface area is 160 Å². The van der Waals surface area contributed by atoms with Gasteiger partial charge >= 0.3 is 0 Å². The van der Waals surface area contributed by atoms with E-state index in [1.807, 2.05) is 41.9 Å². The summed E-state index contributed by atoms with van der Waals surface area (Å²) in [6, 6.07) is 9.36. The molecule has 0 atom stereocenters. The van der Waals surface area contributed by atoms with E-state index in [1.54, 1.807) is 33.9 Å². The SMILES string of the molecule is CCCn1c(SCC(=O)N(C)Cc2ccsc2)nc2ccccc2c1=O. The Morgan fingerprint density at radius 3 is 2.85 bits per heavy atom. The van der Waals surface area contributed by atoms with Crippen LogP contribution in [0.15, 0.2) is 51.0 Å². The van der Waals surface area contributed by atoms with Gasteiger partial charge in [-0.25, -0.2) is 4.98 Å². The van der Waals surface area contributed by atoms with Gasteiger partial charge in [-0.05, 0) is 40.9 Å². The molecule has 0 spiro atoms. The van der Waals surface area contributed by atoms with Crippen molar-refractivity contribution in [2.45, 2.75) is 31.6 Å². The van der Waals surface area contributed by atoms with Gasteiger partial charge in [0.2, 0.25) is 5.91 Å². The standard InChI is InChI=1S/C19H21N3O2S2/c1-3-9-22-18(24)15-6-4-5-7-16(15)20-19(22)26-13-17(23)21(2)11-14-8-10-25-12-14/h4-8,10,12H,3,9,11,13H2,1-2H3. The number of rotatable bonds is 7. The van der Waals surface area contributed by atoms with Crippen LogP contribution in [-0.4, -0.2) is 33.2 Å². The highest BCUT2D eigenvalue weighted by Gasteiger charge is 2.15. The number of carbonyl (C=O) groups is 1. The topological polar surface area (TPSA) is 55.2 Å². The lowest BCUT2D eigenvalue weighted by Crippen LogP contribution is -2.28. The quantitative estimate of drug-likeness (QED) is 0.459. The molecular formula is C19H21N3O2S2. The number of aromatic nitrogens is 2. The van der Waals surface area contributed by atoms with Gasteiger partial charge in [0.05, 0.1) is 16.7 Å². The summed E-state index contributed by atoms with van der Waals surface area (Å²) < 4.78 is 1.68. The highest BCUT2D eigenvalue weighted by molar-refractivity contribution is 7.99. The third kappa shape index (κ3) is 4.16. The van der Waals surface area contributed by atoms with Gasteiger partial charge in [0.25, 0.3) is 5.56 Å². The molecule has 2 heterocycles. The Bertz CT molecular complexity index is 951. The zero-order chi connectivity index (χ0) is 18.5. The van der Waals surface area contributed by atoms with Crippen molar-refractivity contribution in [1.29, 1.82) is 0 Å². The molecule has 136 valence electrons. The first-order chi connectivity index (χ1) is 12.6. The molecule has 7 heteroatoms. The van der Waals surface area contributed by atoms with Crippen LogP contribution in [0.3, 0.4) is 0 Å². The maximum atomic E-state index is 12.7. The zero-order valence-corrected chi connectivity index (χ0v) is 16.5. The number of hydrogen-bond acceptors (Lipinski definition) is 5. The Kier molecular flexibility index (Phi) is 6.11. The second-order valence-corrected chi connectivity index (χ2v) is 7.76. The summed E-state index contributed by atoms with van der Waals surface area (Å²) in [5.74, 6) is 0.279. The Morgan fingerprint density at radius 1 is 1.31 bits per heavy atom. The molecule has 5 nitrogen and oxygen atoms in total. The van der Waals surface area contributed by atoms with Crippen LogP contribution in [0.2, 0.25) is 0 Å². The lowest BCUT2D eigenvalue weighted by atomic mass is 10.2. The van der Waals surface area contributed by atoms with E-state index in [2.05, 4.69) is 4.98 Å². The highest BCUT2D eigenvalue weighted by atomic mass is 32.2. The normalized spacial score (nSPS) is 11.0. The van der Waals surface area contributed by atoms with Crippen molar-refractivity contribution in [2.24, 2.45) is 0 Å². The van der Waals surface area contributed by atoms with Gasteiger partial charge in [0, 0.05) is 20.1 Å². The van der Waals surface area contributed by atoms with Gasteiger partial charge in [-0.3, -0.25) is 14.2 Å². The fourth-order valence-electron chi connectivity index (χ4n) is 2.66. The van der Waals surface area contributed by atoms with Gasteiger partial charge in [-0.15, -0.1) is 0 Å². The predicted molar refractivity (Wildman–Crippen MR) is 108 cm³/mol. The minimum atomic E-state index is -0.0426. The van der Waals surface area contributed by atoms with Crippen molar-refractivity contribution in [2.75, 3.05) is 12.8 Å². The summed E-state index contributed by atoms with van der Waals surface area (Å²) in [7, 11) is 1.80. The number of thioether (sulfide) groups is 1. The van der Waals surface area contributed by atoms with Crippen molar-refractivity contribution in [3.63, 3.8) is 0 Å². The Morgan fingerprint density at radius 2 is 2.12 bits per heavy atom. The molecule has 0 radical (unpaired) electrons. The third-order valence-electron chi connectivity index (χ3n) is 4.02. The predicted octanol–water partition coefficient (Wildman–Crippen LogP) is 3.62. The summed E-state index contributed by atoms with van der Waals surface area (Å²) in [5.41, 5.74) is 1.76. The van der Waals surface area contributed by atoms with Crippen LogP contribution >= 0.6 is 23.1 Å². The van der Waals surface area contributed by atoms with Gasteiger partial charge in [0.1, 0.15) is 0 Å².